The van der Waals surface area contributed by atoms with E-state index in [1.165, 1.54) is 0 Å². The Morgan fingerprint density at radius 3 is 1.86 bits per heavy atom. The summed E-state index contributed by atoms with van der Waals surface area (Å²) in [7, 11) is 0. The molecule has 1 aromatic carbocycles. The maximum atomic E-state index is 11.1. The summed E-state index contributed by atoms with van der Waals surface area (Å²) in [5, 5.41) is 28.3. The maximum Gasteiger partial charge on any atom is 0.309 e. The highest BCUT2D eigenvalue weighted by molar-refractivity contribution is 5.73. The van der Waals surface area contributed by atoms with E-state index in [0.717, 1.165) is 0 Å². The van der Waals surface area contributed by atoms with Crippen LogP contribution in [0.2, 0.25) is 0 Å². The van der Waals surface area contributed by atoms with Crippen LogP contribution in [-0.4, -0.2) is 40.5 Å². The molecule has 0 saturated carbocycles. The first-order chi connectivity index (χ1) is 13.4. The summed E-state index contributed by atoms with van der Waals surface area (Å²) in [5.41, 5.74) is -1.00. The molecule has 0 fully saturated rings. The zero-order valence-electron chi connectivity index (χ0n) is 18.0. The molecule has 1 unspecified atom stereocenters. The van der Waals surface area contributed by atoms with Crippen molar-refractivity contribution in [2.75, 3.05) is 13.2 Å². The average Bonchev–Trinajstić information content (AvgIpc) is 2.62. The highest BCUT2D eigenvalue weighted by atomic mass is 16.5. The molecule has 0 heterocycles. The van der Waals surface area contributed by atoms with Crippen LogP contribution in [-0.2, 0) is 9.59 Å². The third-order valence-corrected chi connectivity index (χ3v) is 5.01. The van der Waals surface area contributed by atoms with E-state index in [1.807, 2.05) is 0 Å². The number of ether oxygens (including phenoxy) is 2. The normalized spacial score (nSPS) is 13.0. The minimum atomic E-state index is -0.838. The Bertz CT molecular complexity index is 692. The van der Waals surface area contributed by atoms with E-state index in [2.05, 4.69) is 0 Å². The Kier molecular flexibility index (Phi) is 8.95. The van der Waals surface area contributed by atoms with Crippen molar-refractivity contribution >= 4 is 11.9 Å². The summed E-state index contributed by atoms with van der Waals surface area (Å²) in [6.07, 6.45) is 1.41. The SMILES string of the molecule is CC(O)c1cc(OCCCC(C)(C)C(=O)O)ccc1OCCCC(C)(C)C(=O)O. The van der Waals surface area contributed by atoms with Crippen molar-refractivity contribution in [1.29, 1.82) is 0 Å². The lowest BCUT2D eigenvalue weighted by molar-refractivity contribution is -0.148. The van der Waals surface area contributed by atoms with Gasteiger partial charge in [-0.3, -0.25) is 9.59 Å². The van der Waals surface area contributed by atoms with Gasteiger partial charge in [0.05, 0.1) is 30.1 Å². The lowest BCUT2D eigenvalue weighted by Gasteiger charge is -2.20. The Morgan fingerprint density at radius 2 is 1.41 bits per heavy atom. The van der Waals surface area contributed by atoms with Crippen molar-refractivity contribution in [1.82, 2.24) is 0 Å². The smallest absolute Gasteiger partial charge is 0.309 e. The zero-order valence-corrected chi connectivity index (χ0v) is 18.0. The number of benzene rings is 1. The molecule has 0 spiro atoms. The van der Waals surface area contributed by atoms with E-state index in [9.17, 15) is 14.7 Å². The van der Waals surface area contributed by atoms with Crippen LogP contribution in [0.4, 0.5) is 0 Å². The molecule has 29 heavy (non-hydrogen) atoms. The molecule has 1 atom stereocenters. The van der Waals surface area contributed by atoms with E-state index in [1.54, 1.807) is 52.8 Å². The van der Waals surface area contributed by atoms with Crippen molar-refractivity contribution in [3.05, 3.63) is 23.8 Å². The van der Waals surface area contributed by atoms with Crippen molar-refractivity contribution in [2.45, 2.75) is 66.4 Å². The lowest BCUT2D eigenvalue weighted by Crippen LogP contribution is -2.24. The van der Waals surface area contributed by atoms with E-state index >= 15 is 0 Å². The molecule has 164 valence electrons. The topological polar surface area (TPSA) is 113 Å². The molecule has 3 N–H and O–H groups in total. The Hall–Kier alpha value is -2.28. The van der Waals surface area contributed by atoms with Gasteiger partial charge in [0.1, 0.15) is 11.5 Å². The molecule has 0 radical (unpaired) electrons. The first-order valence-corrected chi connectivity index (χ1v) is 9.91. The molecule has 7 heteroatoms. The van der Waals surface area contributed by atoms with Gasteiger partial charge < -0.3 is 24.8 Å². The lowest BCUT2D eigenvalue weighted by atomic mass is 9.88. The fourth-order valence-electron chi connectivity index (χ4n) is 2.69. The molecule has 0 aliphatic heterocycles. The number of hydrogen-bond acceptors (Lipinski definition) is 5. The molecule has 0 saturated heterocycles. The van der Waals surface area contributed by atoms with Crippen LogP contribution < -0.4 is 9.47 Å². The minimum Gasteiger partial charge on any atom is -0.494 e. The third-order valence-electron chi connectivity index (χ3n) is 5.01. The molecular formula is C22H34O7. The van der Waals surface area contributed by atoms with Gasteiger partial charge in [-0.05, 0) is 78.5 Å². The quantitative estimate of drug-likeness (QED) is 0.416. The van der Waals surface area contributed by atoms with Crippen LogP contribution in [0, 0.1) is 10.8 Å². The van der Waals surface area contributed by atoms with Crippen molar-refractivity contribution in [3.8, 4) is 11.5 Å². The number of aliphatic hydroxyl groups excluding tert-OH is 1. The number of carboxylic acids is 2. The molecule has 0 aliphatic rings. The standard InChI is InChI=1S/C22H34O7/c1-15(23)17-14-16(28-12-6-10-21(2,3)19(24)25)8-9-18(17)29-13-7-11-22(4,5)20(26)27/h8-9,14-15,23H,6-7,10-13H2,1-5H3,(H,24,25)(H,26,27). The Morgan fingerprint density at radius 1 is 0.931 bits per heavy atom. The number of carbonyl (C=O) groups is 2. The summed E-state index contributed by atoms with van der Waals surface area (Å²) in [6.45, 7) is 9.09. The molecule has 7 nitrogen and oxygen atoms in total. The van der Waals surface area contributed by atoms with E-state index in [0.29, 0.717) is 56.0 Å². The largest absolute Gasteiger partial charge is 0.494 e. The van der Waals surface area contributed by atoms with Gasteiger partial charge in [0, 0.05) is 5.56 Å². The summed E-state index contributed by atoms with van der Waals surface area (Å²) < 4.78 is 11.5. The number of hydrogen-bond donors (Lipinski definition) is 3. The van der Waals surface area contributed by atoms with Crippen molar-refractivity contribution < 1.29 is 34.4 Å². The van der Waals surface area contributed by atoms with Gasteiger partial charge in [0.2, 0.25) is 0 Å². The van der Waals surface area contributed by atoms with E-state index in [-0.39, 0.29) is 0 Å². The van der Waals surface area contributed by atoms with Gasteiger partial charge in [-0.25, -0.2) is 0 Å². The fourth-order valence-corrected chi connectivity index (χ4v) is 2.69. The van der Waals surface area contributed by atoms with Gasteiger partial charge in [-0.15, -0.1) is 0 Å². The number of aliphatic carboxylic acids is 2. The van der Waals surface area contributed by atoms with Crippen molar-refractivity contribution in [3.63, 3.8) is 0 Å². The minimum absolute atomic E-state index is 0.348. The second kappa shape index (κ2) is 10.5. The predicted molar refractivity (Wildman–Crippen MR) is 109 cm³/mol. The van der Waals surface area contributed by atoms with Gasteiger partial charge >= 0.3 is 11.9 Å². The first kappa shape index (κ1) is 24.8. The second-order valence-corrected chi connectivity index (χ2v) is 8.66. The highest BCUT2D eigenvalue weighted by Gasteiger charge is 2.27. The summed E-state index contributed by atoms with van der Waals surface area (Å²) >= 11 is 0. The average molecular weight is 411 g/mol. The van der Waals surface area contributed by atoms with Crippen LogP contribution in [0.1, 0.15) is 72.0 Å². The third kappa shape index (κ3) is 7.93. The molecule has 0 aliphatic carbocycles. The molecule has 1 aromatic rings. The monoisotopic (exact) mass is 410 g/mol. The van der Waals surface area contributed by atoms with Crippen molar-refractivity contribution in [2.24, 2.45) is 10.8 Å². The molecule has 0 bridgehead atoms. The summed E-state index contributed by atoms with van der Waals surface area (Å²) in [4.78, 5) is 22.3. The van der Waals surface area contributed by atoms with E-state index in [4.69, 9.17) is 19.7 Å². The summed E-state index contributed by atoms with van der Waals surface area (Å²) in [5.74, 6) is -0.557. The molecular weight excluding hydrogens is 376 g/mol. The van der Waals surface area contributed by atoms with Crippen LogP contribution >= 0.6 is 0 Å². The Labute approximate surface area is 172 Å². The van der Waals surface area contributed by atoms with Crippen LogP contribution in [0.25, 0.3) is 0 Å². The predicted octanol–water partition coefficient (Wildman–Crippen LogP) is 4.28. The van der Waals surface area contributed by atoms with Crippen LogP contribution in [0.5, 0.6) is 11.5 Å². The van der Waals surface area contributed by atoms with Crippen LogP contribution in [0.15, 0.2) is 18.2 Å². The van der Waals surface area contributed by atoms with Crippen LogP contribution in [0.3, 0.4) is 0 Å². The molecule has 1 rings (SSSR count). The van der Waals surface area contributed by atoms with Gasteiger partial charge in [-0.1, -0.05) is 0 Å². The number of carboxylic acid groups (broad SMARTS) is 2. The molecule has 0 amide bonds. The highest BCUT2D eigenvalue weighted by Crippen LogP contribution is 2.31. The molecule has 0 aromatic heterocycles. The Balaban J connectivity index is 2.60. The van der Waals surface area contributed by atoms with Gasteiger partial charge in [0.15, 0.2) is 0 Å². The first-order valence-electron chi connectivity index (χ1n) is 9.91. The van der Waals surface area contributed by atoms with Gasteiger partial charge in [-0.2, -0.15) is 0 Å². The fraction of sp³-hybridized carbons (Fsp3) is 0.636. The summed E-state index contributed by atoms with van der Waals surface area (Å²) in [6, 6.07) is 5.18. The number of rotatable bonds is 13. The maximum absolute atomic E-state index is 11.1. The van der Waals surface area contributed by atoms with E-state index < -0.39 is 28.9 Å². The second-order valence-electron chi connectivity index (χ2n) is 8.66. The van der Waals surface area contributed by atoms with Gasteiger partial charge in [0.25, 0.3) is 0 Å². The zero-order chi connectivity index (χ0) is 22.2. The number of aliphatic hydroxyl groups is 1.